The van der Waals surface area contributed by atoms with E-state index >= 15 is 0 Å². The molecule has 0 aromatic carbocycles. The lowest BCUT2D eigenvalue weighted by atomic mass is 9.97. The Balaban J connectivity index is 1.96. The first kappa shape index (κ1) is 14.8. The summed E-state index contributed by atoms with van der Waals surface area (Å²) in [5.74, 6) is 0. The van der Waals surface area contributed by atoms with Crippen molar-refractivity contribution in [2.24, 2.45) is 0 Å². The van der Waals surface area contributed by atoms with E-state index in [1.807, 2.05) is 12.3 Å². The second-order valence-corrected chi connectivity index (χ2v) is 5.15. The van der Waals surface area contributed by atoms with Gasteiger partial charge in [0.2, 0.25) is 0 Å². The third kappa shape index (κ3) is 3.93. The van der Waals surface area contributed by atoms with Crippen LogP contribution in [0.25, 0.3) is 0 Å². The molecule has 1 aromatic rings. The molecule has 0 spiro atoms. The number of hydrogen-bond acceptors (Lipinski definition) is 3. The Bertz CT molecular complexity index is 438. The molecule has 4 nitrogen and oxygen atoms in total. The molecule has 0 amide bonds. The zero-order chi connectivity index (χ0) is 14.2. The average Bonchev–Trinajstić information content (AvgIpc) is 2.52. The normalized spacial score (nSPS) is 18.4. The van der Waals surface area contributed by atoms with E-state index in [1.54, 1.807) is 6.20 Å². The standard InChI is InChI=1S/C15H21N3OS/c1-2-19-11-9-17-15(20)18-10-4-3-7-14(18)13-6-5-8-16-12-13/h2,5-6,8,12,14H,1,3-4,7,9-11H2,(H,17,20)/t14-/m1/s1. The van der Waals surface area contributed by atoms with Crippen molar-refractivity contribution >= 4 is 17.3 Å². The Morgan fingerprint density at radius 2 is 2.50 bits per heavy atom. The van der Waals surface area contributed by atoms with Crippen molar-refractivity contribution in [1.29, 1.82) is 0 Å². The van der Waals surface area contributed by atoms with Crippen molar-refractivity contribution < 1.29 is 4.74 Å². The highest BCUT2D eigenvalue weighted by Crippen LogP contribution is 2.30. The molecule has 1 fully saturated rings. The second-order valence-electron chi connectivity index (χ2n) is 4.76. The lowest BCUT2D eigenvalue weighted by Gasteiger charge is -2.37. The highest BCUT2D eigenvalue weighted by molar-refractivity contribution is 7.80. The van der Waals surface area contributed by atoms with E-state index in [0.717, 1.165) is 18.1 Å². The summed E-state index contributed by atoms with van der Waals surface area (Å²) in [6.45, 7) is 5.79. The summed E-state index contributed by atoms with van der Waals surface area (Å²) in [4.78, 5) is 6.49. The Morgan fingerprint density at radius 3 is 3.25 bits per heavy atom. The van der Waals surface area contributed by atoms with E-state index in [4.69, 9.17) is 17.0 Å². The molecule has 1 saturated heterocycles. The van der Waals surface area contributed by atoms with E-state index in [0.29, 0.717) is 19.2 Å². The van der Waals surface area contributed by atoms with Crippen LogP contribution in [-0.2, 0) is 4.74 Å². The molecule has 2 heterocycles. The van der Waals surface area contributed by atoms with Crippen molar-refractivity contribution in [2.45, 2.75) is 25.3 Å². The van der Waals surface area contributed by atoms with Gasteiger partial charge in [0.25, 0.3) is 0 Å². The van der Waals surface area contributed by atoms with Gasteiger partial charge in [0.05, 0.1) is 18.8 Å². The van der Waals surface area contributed by atoms with E-state index in [9.17, 15) is 0 Å². The molecule has 1 aromatic heterocycles. The van der Waals surface area contributed by atoms with Crippen LogP contribution in [0.5, 0.6) is 0 Å². The number of aromatic nitrogens is 1. The number of ether oxygens (including phenoxy) is 1. The fourth-order valence-electron chi connectivity index (χ4n) is 2.50. The maximum Gasteiger partial charge on any atom is 0.169 e. The van der Waals surface area contributed by atoms with Crippen LogP contribution < -0.4 is 5.32 Å². The maximum absolute atomic E-state index is 5.51. The van der Waals surface area contributed by atoms with E-state index in [2.05, 4.69) is 27.8 Å². The largest absolute Gasteiger partial charge is 0.500 e. The van der Waals surface area contributed by atoms with Gasteiger partial charge in [-0.1, -0.05) is 12.6 Å². The summed E-state index contributed by atoms with van der Waals surface area (Å²) < 4.78 is 5.10. The molecular formula is C15H21N3OS. The lowest BCUT2D eigenvalue weighted by Crippen LogP contribution is -2.45. The second kappa shape index (κ2) is 7.85. The molecule has 1 aliphatic rings. The van der Waals surface area contributed by atoms with Crippen LogP contribution in [0.1, 0.15) is 30.9 Å². The van der Waals surface area contributed by atoms with Crippen LogP contribution in [0.4, 0.5) is 0 Å². The van der Waals surface area contributed by atoms with E-state index < -0.39 is 0 Å². The maximum atomic E-state index is 5.51. The van der Waals surface area contributed by atoms with Crippen molar-refractivity contribution in [3.8, 4) is 0 Å². The molecule has 2 rings (SSSR count). The number of nitrogens with zero attached hydrogens (tertiary/aromatic N) is 2. The first-order valence-electron chi connectivity index (χ1n) is 7.00. The number of pyridine rings is 1. The number of rotatable bonds is 5. The van der Waals surface area contributed by atoms with Crippen LogP contribution >= 0.6 is 12.2 Å². The fourth-order valence-corrected chi connectivity index (χ4v) is 2.82. The molecule has 1 aliphatic heterocycles. The van der Waals surface area contributed by atoms with Crippen LogP contribution in [0.3, 0.4) is 0 Å². The smallest absolute Gasteiger partial charge is 0.169 e. The minimum atomic E-state index is 0.331. The van der Waals surface area contributed by atoms with E-state index in [-0.39, 0.29) is 0 Å². The minimum absolute atomic E-state index is 0.331. The minimum Gasteiger partial charge on any atom is -0.500 e. The number of hydrogen-bond donors (Lipinski definition) is 1. The predicted molar refractivity (Wildman–Crippen MR) is 84.3 cm³/mol. The van der Waals surface area contributed by atoms with Gasteiger partial charge in [-0.2, -0.15) is 0 Å². The zero-order valence-electron chi connectivity index (χ0n) is 11.6. The summed E-state index contributed by atoms with van der Waals surface area (Å²) in [6, 6.07) is 4.44. The molecular weight excluding hydrogens is 270 g/mol. The van der Waals surface area contributed by atoms with Gasteiger partial charge in [0.15, 0.2) is 5.11 Å². The van der Waals surface area contributed by atoms with Gasteiger partial charge in [0.1, 0.15) is 6.61 Å². The fraction of sp³-hybridized carbons (Fsp3) is 0.467. The molecule has 5 heteroatoms. The molecule has 0 bridgehead atoms. The van der Waals surface area contributed by atoms with Gasteiger partial charge in [-0.05, 0) is 43.1 Å². The Morgan fingerprint density at radius 1 is 1.60 bits per heavy atom. The van der Waals surface area contributed by atoms with Gasteiger partial charge in [0, 0.05) is 18.9 Å². The summed E-state index contributed by atoms with van der Waals surface area (Å²) in [5, 5.41) is 4.05. The molecule has 20 heavy (non-hydrogen) atoms. The summed E-state index contributed by atoms with van der Waals surface area (Å²) in [5.41, 5.74) is 1.23. The Kier molecular flexibility index (Phi) is 5.80. The number of thiocarbonyl (C=S) groups is 1. The van der Waals surface area contributed by atoms with Crippen molar-refractivity contribution in [3.63, 3.8) is 0 Å². The van der Waals surface area contributed by atoms with Crippen molar-refractivity contribution in [1.82, 2.24) is 15.2 Å². The van der Waals surface area contributed by atoms with Crippen molar-refractivity contribution in [2.75, 3.05) is 19.7 Å². The molecule has 0 saturated carbocycles. The molecule has 1 N–H and O–H groups in total. The first-order chi connectivity index (χ1) is 9.83. The lowest BCUT2D eigenvalue weighted by molar-refractivity contribution is 0.232. The van der Waals surface area contributed by atoms with Crippen LogP contribution in [-0.4, -0.2) is 34.7 Å². The van der Waals surface area contributed by atoms with Crippen LogP contribution in [0.2, 0.25) is 0 Å². The number of likely N-dealkylation sites (tertiary alicyclic amines) is 1. The quantitative estimate of drug-likeness (QED) is 0.513. The molecule has 0 aliphatic carbocycles. The SMILES string of the molecule is C=COCCNC(=S)N1CCCC[C@@H]1c1cccnc1. The number of nitrogens with one attached hydrogen (secondary N) is 1. The Labute approximate surface area is 125 Å². The zero-order valence-corrected chi connectivity index (χ0v) is 12.4. The van der Waals surface area contributed by atoms with Crippen molar-refractivity contribution in [3.05, 3.63) is 42.9 Å². The topological polar surface area (TPSA) is 37.4 Å². The highest BCUT2D eigenvalue weighted by atomic mass is 32.1. The van der Waals surface area contributed by atoms with Gasteiger partial charge >= 0.3 is 0 Å². The first-order valence-corrected chi connectivity index (χ1v) is 7.40. The predicted octanol–water partition coefficient (Wildman–Crippen LogP) is 2.64. The van der Waals surface area contributed by atoms with Gasteiger partial charge < -0.3 is 15.0 Å². The summed E-state index contributed by atoms with van der Waals surface area (Å²) in [6.07, 6.45) is 8.73. The monoisotopic (exact) mass is 291 g/mol. The van der Waals surface area contributed by atoms with Gasteiger partial charge in [-0.3, -0.25) is 4.98 Å². The van der Waals surface area contributed by atoms with Crippen LogP contribution in [0, 0.1) is 0 Å². The van der Waals surface area contributed by atoms with E-state index in [1.165, 1.54) is 24.7 Å². The molecule has 1 atom stereocenters. The van der Waals surface area contributed by atoms with Gasteiger partial charge in [-0.25, -0.2) is 0 Å². The van der Waals surface area contributed by atoms with Crippen LogP contribution in [0.15, 0.2) is 37.4 Å². The highest BCUT2D eigenvalue weighted by Gasteiger charge is 2.25. The number of piperidine rings is 1. The average molecular weight is 291 g/mol. The summed E-state index contributed by atoms with van der Waals surface area (Å²) in [7, 11) is 0. The molecule has 108 valence electrons. The Hall–Kier alpha value is -1.62. The third-order valence-corrected chi connectivity index (χ3v) is 3.83. The summed E-state index contributed by atoms with van der Waals surface area (Å²) >= 11 is 5.51. The molecule has 0 unspecified atom stereocenters. The van der Waals surface area contributed by atoms with Gasteiger partial charge in [-0.15, -0.1) is 0 Å². The third-order valence-electron chi connectivity index (χ3n) is 3.45. The molecule has 0 radical (unpaired) electrons.